The molecule has 1 rings (SSSR count). The lowest BCUT2D eigenvalue weighted by atomic mass is 10.0. The minimum Gasteiger partial charge on any atom is -0.478 e. The number of rotatable bonds is 5. The number of carbonyl (C=O) groups excluding carboxylic acids is 1. The molecular formula is C12H12FNO5. The minimum atomic E-state index is -1.83. The van der Waals surface area contributed by atoms with Crippen LogP contribution in [-0.4, -0.2) is 33.3 Å². The average molecular weight is 269 g/mol. The summed E-state index contributed by atoms with van der Waals surface area (Å²) in [4.78, 5) is 21.1. The van der Waals surface area contributed by atoms with Gasteiger partial charge in [0.15, 0.2) is 6.10 Å². The van der Waals surface area contributed by atoms with Crippen LogP contribution in [0.2, 0.25) is 0 Å². The molecule has 1 aromatic carbocycles. The molecular weight excluding hydrogens is 257 g/mol. The van der Waals surface area contributed by atoms with Gasteiger partial charge in [-0.05, 0) is 23.8 Å². The molecule has 0 aromatic heterocycles. The highest BCUT2D eigenvalue weighted by atomic mass is 19.1. The Morgan fingerprint density at radius 1 is 1.32 bits per heavy atom. The molecule has 6 nitrogen and oxygen atoms in total. The van der Waals surface area contributed by atoms with E-state index in [0.29, 0.717) is 0 Å². The van der Waals surface area contributed by atoms with E-state index in [9.17, 15) is 24.2 Å². The number of hydrogen-bond acceptors (Lipinski definition) is 4. The van der Waals surface area contributed by atoms with Crippen molar-refractivity contribution < 1.29 is 29.3 Å². The van der Waals surface area contributed by atoms with Crippen molar-refractivity contribution in [2.45, 2.75) is 12.2 Å². The van der Waals surface area contributed by atoms with Crippen LogP contribution in [0.25, 0.3) is 6.08 Å². The third-order valence-corrected chi connectivity index (χ3v) is 2.36. The third kappa shape index (κ3) is 3.87. The molecule has 0 radical (unpaired) electrons. The predicted molar refractivity (Wildman–Crippen MR) is 63.2 cm³/mol. The maximum Gasteiger partial charge on any atom is 0.328 e. The summed E-state index contributed by atoms with van der Waals surface area (Å²) in [7, 11) is 0. The minimum absolute atomic E-state index is 0.0396. The molecule has 19 heavy (non-hydrogen) atoms. The van der Waals surface area contributed by atoms with Gasteiger partial charge in [0.1, 0.15) is 11.9 Å². The molecule has 0 spiro atoms. The maximum atomic E-state index is 13.4. The number of carboxylic acid groups (broad SMARTS) is 1. The average Bonchev–Trinajstić information content (AvgIpc) is 2.35. The first kappa shape index (κ1) is 14.8. The summed E-state index contributed by atoms with van der Waals surface area (Å²) in [5, 5.41) is 27.4. The molecule has 0 fully saturated rings. The van der Waals surface area contributed by atoms with Gasteiger partial charge in [-0.1, -0.05) is 6.07 Å². The zero-order valence-electron chi connectivity index (χ0n) is 9.65. The topological polar surface area (TPSA) is 121 Å². The third-order valence-electron chi connectivity index (χ3n) is 2.36. The van der Waals surface area contributed by atoms with Gasteiger partial charge in [0, 0.05) is 11.6 Å². The largest absolute Gasteiger partial charge is 0.478 e. The molecule has 5 N–H and O–H groups in total. The number of nitrogens with two attached hydrogens (primary N) is 1. The highest BCUT2D eigenvalue weighted by molar-refractivity contribution is 5.85. The molecule has 0 saturated carbocycles. The molecule has 1 aromatic rings. The number of amides is 1. The van der Waals surface area contributed by atoms with Crippen LogP contribution < -0.4 is 5.73 Å². The Labute approximate surface area is 107 Å². The summed E-state index contributed by atoms with van der Waals surface area (Å²) in [6.45, 7) is 0. The van der Waals surface area contributed by atoms with Crippen molar-refractivity contribution in [3.05, 3.63) is 41.2 Å². The fourth-order valence-electron chi connectivity index (χ4n) is 1.37. The Morgan fingerprint density at radius 3 is 2.47 bits per heavy atom. The normalized spacial score (nSPS) is 14.3. The smallest absolute Gasteiger partial charge is 0.328 e. The fraction of sp³-hybridized carbons (Fsp3) is 0.167. The molecule has 2 atom stereocenters. The molecule has 0 heterocycles. The van der Waals surface area contributed by atoms with E-state index in [4.69, 9.17) is 10.8 Å². The van der Waals surface area contributed by atoms with E-state index < -0.39 is 29.9 Å². The van der Waals surface area contributed by atoms with Crippen LogP contribution in [0.1, 0.15) is 17.2 Å². The van der Waals surface area contributed by atoms with Gasteiger partial charge in [-0.25, -0.2) is 9.18 Å². The maximum absolute atomic E-state index is 13.4. The zero-order valence-corrected chi connectivity index (χ0v) is 9.65. The molecule has 0 bridgehead atoms. The highest BCUT2D eigenvalue weighted by Gasteiger charge is 2.23. The second-order valence-electron chi connectivity index (χ2n) is 3.74. The first-order valence-corrected chi connectivity index (χ1v) is 5.19. The van der Waals surface area contributed by atoms with Crippen molar-refractivity contribution in [2.24, 2.45) is 5.73 Å². The molecule has 0 aliphatic carbocycles. The van der Waals surface area contributed by atoms with Gasteiger partial charge in [-0.3, -0.25) is 4.79 Å². The van der Waals surface area contributed by atoms with Gasteiger partial charge in [-0.2, -0.15) is 0 Å². The fourth-order valence-corrected chi connectivity index (χ4v) is 1.37. The Hall–Kier alpha value is -2.25. The molecule has 0 aliphatic heterocycles. The van der Waals surface area contributed by atoms with Crippen LogP contribution in [0.3, 0.4) is 0 Å². The lowest BCUT2D eigenvalue weighted by molar-refractivity contribution is -0.132. The summed E-state index contributed by atoms with van der Waals surface area (Å²) in [5.41, 5.74) is 4.76. The number of aliphatic hydroxyl groups is 2. The van der Waals surface area contributed by atoms with Crippen molar-refractivity contribution in [3.63, 3.8) is 0 Å². The van der Waals surface area contributed by atoms with Crippen molar-refractivity contribution in [2.75, 3.05) is 0 Å². The van der Waals surface area contributed by atoms with Crippen LogP contribution in [0, 0.1) is 5.82 Å². The summed E-state index contributed by atoms with van der Waals surface area (Å²) in [6, 6.07) is 3.25. The molecule has 1 amide bonds. The SMILES string of the molecule is NC(=O)C(O)C(O)c1ccc(F)c(/C=C/C(=O)O)c1. The van der Waals surface area contributed by atoms with Crippen molar-refractivity contribution >= 4 is 18.0 Å². The summed E-state index contributed by atoms with van der Waals surface area (Å²) >= 11 is 0. The number of aliphatic carboxylic acids is 1. The van der Waals surface area contributed by atoms with Gasteiger partial charge in [-0.15, -0.1) is 0 Å². The van der Waals surface area contributed by atoms with Gasteiger partial charge in [0.25, 0.3) is 0 Å². The summed E-state index contributed by atoms with van der Waals surface area (Å²) in [6.07, 6.45) is -1.74. The lowest BCUT2D eigenvalue weighted by Gasteiger charge is -2.15. The van der Waals surface area contributed by atoms with Crippen LogP contribution in [0.4, 0.5) is 4.39 Å². The monoisotopic (exact) mass is 269 g/mol. The summed E-state index contributed by atoms with van der Waals surface area (Å²) < 4.78 is 13.4. The van der Waals surface area contributed by atoms with Crippen LogP contribution in [-0.2, 0) is 9.59 Å². The zero-order chi connectivity index (χ0) is 14.6. The number of carbonyl (C=O) groups is 2. The summed E-state index contributed by atoms with van der Waals surface area (Å²) in [5.74, 6) is -3.09. The lowest BCUT2D eigenvalue weighted by Crippen LogP contribution is -2.33. The van der Waals surface area contributed by atoms with E-state index >= 15 is 0 Å². The van der Waals surface area contributed by atoms with E-state index in [-0.39, 0.29) is 11.1 Å². The Balaban J connectivity index is 3.08. The number of carboxylic acids is 1. The molecule has 2 unspecified atom stereocenters. The quantitative estimate of drug-likeness (QED) is 0.552. The van der Waals surface area contributed by atoms with E-state index in [1.807, 2.05) is 0 Å². The van der Waals surface area contributed by atoms with E-state index in [0.717, 1.165) is 30.4 Å². The molecule has 0 aliphatic rings. The van der Waals surface area contributed by atoms with Gasteiger partial charge >= 0.3 is 5.97 Å². The number of primary amides is 1. The predicted octanol–water partition coefficient (Wildman–Crippen LogP) is -0.197. The number of halogens is 1. The second-order valence-corrected chi connectivity index (χ2v) is 3.74. The highest BCUT2D eigenvalue weighted by Crippen LogP contribution is 2.21. The number of aliphatic hydroxyl groups excluding tert-OH is 2. The Kier molecular flexibility index (Phi) is 4.74. The van der Waals surface area contributed by atoms with E-state index in [1.165, 1.54) is 0 Å². The second kappa shape index (κ2) is 6.07. The first-order chi connectivity index (χ1) is 8.82. The number of hydrogen-bond donors (Lipinski definition) is 4. The van der Waals surface area contributed by atoms with Crippen molar-refractivity contribution in [1.82, 2.24) is 0 Å². The Bertz CT molecular complexity index is 529. The Morgan fingerprint density at radius 2 is 1.95 bits per heavy atom. The van der Waals surface area contributed by atoms with Gasteiger partial charge in [0.2, 0.25) is 5.91 Å². The van der Waals surface area contributed by atoms with Crippen molar-refractivity contribution in [3.8, 4) is 0 Å². The molecule has 102 valence electrons. The number of benzene rings is 1. The van der Waals surface area contributed by atoms with Crippen LogP contribution >= 0.6 is 0 Å². The molecule has 7 heteroatoms. The van der Waals surface area contributed by atoms with E-state index in [1.54, 1.807) is 0 Å². The van der Waals surface area contributed by atoms with Gasteiger partial charge in [0.05, 0.1) is 0 Å². The van der Waals surface area contributed by atoms with Crippen LogP contribution in [0.15, 0.2) is 24.3 Å². The van der Waals surface area contributed by atoms with Crippen LogP contribution in [0.5, 0.6) is 0 Å². The van der Waals surface area contributed by atoms with Gasteiger partial charge < -0.3 is 21.1 Å². The first-order valence-electron chi connectivity index (χ1n) is 5.19. The standard InChI is InChI=1S/C12H12FNO5/c13-8-3-1-7(10(17)11(18)12(14)19)5-6(8)2-4-9(15)16/h1-5,10-11,17-18H,(H2,14,19)(H,15,16)/b4-2+. The van der Waals surface area contributed by atoms with E-state index in [2.05, 4.69) is 0 Å². The van der Waals surface area contributed by atoms with Crippen molar-refractivity contribution in [1.29, 1.82) is 0 Å². The molecule has 0 saturated heterocycles.